The second-order valence-corrected chi connectivity index (χ2v) is 6.07. The van der Waals surface area contributed by atoms with Crippen molar-refractivity contribution in [3.8, 4) is 0 Å². The van der Waals surface area contributed by atoms with Crippen LogP contribution in [0.5, 0.6) is 0 Å². The maximum absolute atomic E-state index is 12.5. The van der Waals surface area contributed by atoms with Crippen molar-refractivity contribution in [2.75, 3.05) is 5.32 Å². The van der Waals surface area contributed by atoms with Crippen molar-refractivity contribution >= 4 is 17.4 Å². The van der Waals surface area contributed by atoms with E-state index < -0.39 is 0 Å². The van der Waals surface area contributed by atoms with Crippen molar-refractivity contribution < 1.29 is 9.59 Å². The number of anilines is 1. The molecule has 0 spiro atoms. The number of nitrogens with one attached hydrogen (secondary N) is 1. The van der Waals surface area contributed by atoms with Crippen LogP contribution in [0.3, 0.4) is 0 Å². The van der Waals surface area contributed by atoms with Crippen molar-refractivity contribution in [1.82, 2.24) is 0 Å². The van der Waals surface area contributed by atoms with Gasteiger partial charge in [0.2, 0.25) is 5.91 Å². The number of rotatable bonds is 2. The average Bonchev–Trinajstić information content (AvgIpc) is 2.89. The van der Waals surface area contributed by atoms with E-state index in [1.54, 1.807) is 0 Å². The fourth-order valence-corrected chi connectivity index (χ4v) is 3.94. The fraction of sp³-hybridized carbons (Fsp3) is 0.500. The van der Waals surface area contributed by atoms with Gasteiger partial charge in [-0.2, -0.15) is 0 Å². The van der Waals surface area contributed by atoms with E-state index in [1.807, 2.05) is 18.2 Å². The summed E-state index contributed by atoms with van der Waals surface area (Å²) in [7, 11) is 0. The van der Waals surface area contributed by atoms with Crippen LogP contribution < -0.4 is 5.32 Å². The molecule has 98 valence electrons. The molecule has 1 N–H and O–H groups in total. The molecule has 0 bridgehead atoms. The van der Waals surface area contributed by atoms with Crippen LogP contribution in [0, 0.1) is 17.8 Å². The van der Waals surface area contributed by atoms with Crippen LogP contribution in [0.4, 0.5) is 5.69 Å². The van der Waals surface area contributed by atoms with Crippen molar-refractivity contribution in [3.05, 3.63) is 29.3 Å². The lowest BCUT2D eigenvalue weighted by Gasteiger charge is -2.17. The van der Waals surface area contributed by atoms with E-state index in [0.717, 1.165) is 23.2 Å². The van der Waals surface area contributed by atoms with Gasteiger partial charge >= 0.3 is 0 Å². The molecule has 19 heavy (non-hydrogen) atoms. The number of Topliss-reactive ketones (excluding diaryl/α,β-unsaturated/α-hetero) is 1. The zero-order valence-electron chi connectivity index (χ0n) is 10.8. The number of carbonyl (C=O) groups is 2. The maximum atomic E-state index is 12.5. The molecule has 2 unspecified atom stereocenters. The van der Waals surface area contributed by atoms with E-state index in [0.29, 0.717) is 30.0 Å². The van der Waals surface area contributed by atoms with Gasteiger partial charge in [-0.1, -0.05) is 6.42 Å². The van der Waals surface area contributed by atoms with Gasteiger partial charge in [0.1, 0.15) is 0 Å². The first-order valence-electron chi connectivity index (χ1n) is 7.21. The molecule has 1 heterocycles. The SMILES string of the molecule is O=C1CCc2cc(C(=O)C3C4CCCC43)ccc2N1. The molecule has 2 saturated carbocycles. The molecule has 3 nitrogen and oxygen atoms in total. The van der Waals surface area contributed by atoms with Crippen LogP contribution in [0.25, 0.3) is 0 Å². The third-order valence-corrected chi connectivity index (χ3v) is 4.99. The van der Waals surface area contributed by atoms with Gasteiger partial charge in [0, 0.05) is 23.6 Å². The summed E-state index contributed by atoms with van der Waals surface area (Å²) in [6.45, 7) is 0. The number of fused-ring (bicyclic) bond motifs is 2. The lowest BCUT2D eigenvalue weighted by Crippen LogP contribution is -2.19. The third kappa shape index (κ3) is 1.71. The molecular formula is C16H17NO2. The maximum Gasteiger partial charge on any atom is 0.224 e. The second-order valence-electron chi connectivity index (χ2n) is 6.07. The lowest BCUT2D eigenvalue weighted by atomic mass is 9.95. The number of amides is 1. The molecule has 2 aliphatic carbocycles. The van der Waals surface area contributed by atoms with Gasteiger partial charge in [-0.15, -0.1) is 0 Å². The van der Waals surface area contributed by atoms with E-state index >= 15 is 0 Å². The van der Waals surface area contributed by atoms with Gasteiger partial charge in [-0.05, 0) is 54.9 Å². The van der Waals surface area contributed by atoms with Crippen molar-refractivity contribution in [2.45, 2.75) is 32.1 Å². The van der Waals surface area contributed by atoms with Gasteiger partial charge < -0.3 is 5.32 Å². The van der Waals surface area contributed by atoms with E-state index in [1.165, 1.54) is 19.3 Å². The first-order chi connectivity index (χ1) is 9.24. The van der Waals surface area contributed by atoms with Crippen LogP contribution in [0.2, 0.25) is 0 Å². The predicted molar refractivity (Wildman–Crippen MR) is 72.0 cm³/mol. The van der Waals surface area contributed by atoms with Crippen LogP contribution in [-0.4, -0.2) is 11.7 Å². The average molecular weight is 255 g/mol. The summed E-state index contributed by atoms with van der Waals surface area (Å²) in [5.41, 5.74) is 2.83. The Morgan fingerprint density at radius 3 is 2.74 bits per heavy atom. The largest absolute Gasteiger partial charge is 0.326 e. The highest BCUT2D eigenvalue weighted by Gasteiger charge is 2.56. The molecule has 1 aromatic carbocycles. The molecule has 2 fully saturated rings. The predicted octanol–water partition coefficient (Wildman–Crippen LogP) is 2.80. The number of hydrogen-bond acceptors (Lipinski definition) is 2. The molecule has 1 aromatic rings. The minimum atomic E-state index is 0.0725. The monoisotopic (exact) mass is 255 g/mol. The molecule has 2 atom stereocenters. The van der Waals surface area contributed by atoms with Gasteiger partial charge in [-0.25, -0.2) is 0 Å². The summed E-state index contributed by atoms with van der Waals surface area (Å²) in [4.78, 5) is 23.8. The highest BCUT2D eigenvalue weighted by Crippen LogP contribution is 2.58. The molecule has 4 rings (SSSR count). The molecule has 3 aliphatic rings. The zero-order valence-corrected chi connectivity index (χ0v) is 10.8. The molecule has 0 saturated heterocycles. The Morgan fingerprint density at radius 2 is 1.95 bits per heavy atom. The molecule has 0 radical (unpaired) electrons. The van der Waals surface area contributed by atoms with Crippen molar-refractivity contribution in [2.24, 2.45) is 17.8 Å². The van der Waals surface area contributed by atoms with Gasteiger partial charge in [0.15, 0.2) is 5.78 Å². The Hall–Kier alpha value is -1.64. The summed E-state index contributed by atoms with van der Waals surface area (Å²) < 4.78 is 0. The first kappa shape index (κ1) is 11.2. The highest BCUT2D eigenvalue weighted by atomic mass is 16.1. The van der Waals surface area contributed by atoms with E-state index in [-0.39, 0.29) is 5.91 Å². The summed E-state index contributed by atoms with van der Waals surface area (Å²) in [5, 5.41) is 2.86. The smallest absolute Gasteiger partial charge is 0.224 e. The van der Waals surface area contributed by atoms with E-state index in [9.17, 15) is 9.59 Å². The number of benzene rings is 1. The summed E-state index contributed by atoms with van der Waals surface area (Å²) in [6, 6.07) is 5.75. The van der Waals surface area contributed by atoms with E-state index in [2.05, 4.69) is 5.32 Å². The Labute approximate surface area is 112 Å². The highest BCUT2D eigenvalue weighted by molar-refractivity contribution is 6.01. The van der Waals surface area contributed by atoms with Crippen LogP contribution in [-0.2, 0) is 11.2 Å². The Morgan fingerprint density at radius 1 is 1.16 bits per heavy atom. The van der Waals surface area contributed by atoms with Crippen molar-refractivity contribution in [1.29, 1.82) is 0 Å². The number of hydrogen-bond donors (Lipinski definition) is 1. The zero-order chi connectivity index (χ0) is 13.0. The minimum absolute atomic E-state index is 0.0725. The molecule has 1 aliphatic heterocycles. The van der Waals surface area contributed by atoms with Gasteiger partial charge in [-0.3, -0.25) is 9.59 Å². The third-order valence-electron chi connectivity index (χ3n) is 4.99. The van der Waals surface area contributed by atoms with Crippen LogP contribution in [0.1, 0.15) is 41.6 Å². The molecule has 1 amide bonds. The Balaban J connectivity index is 1.59. The molecule has 3 heteroatoms. The standard InChI is InChI=1S/C16H17NO2/c18-14-7-5-9-8-10(4-6-13(9)17-14)16(19)15-11-2-1-3-12(11)15/h4,6,8,11-12,15H,1-3,5,7H2,(H,17,18). The second kappa shape index (κ2) is 3.92. The summed E-state index contributed by atoms with van der Waals surface area (Å²) in [6.07, 6.45) is 5.05. The fourth-order valence-electron chi connectivity index (χ4n) is 3.94. The molecule has 0 aromatic heterocycles. The van der Waals surface area contributed by atoms with Crippen molar-refractivity contribution in [3.63, 3.8) is 0 Å². The Kier molecular flexibility index (Phi) is 2.32. The van der Waals surface area contributed by atoms with Gasteiger partial charge in [0.05, 0.1) is 0 Å². The number of ketones is 1. The minimum Gasteiger partial charge on any atom is -0.326 e. The van der Waals surface area contributed by atoms with Crippen LogP contribution >= 0.6 is 0 Å². The first-order valence-corrected chi connectivity index (χ1v) is 7.21. The number of aryl methyl sites for hydroxylation is 1. The Bertz CT molecular complexity index is 568. The summed E-state index contributed by atoms with van der Waals surface area (Å²) in [5.74, 6) is 2.04. The molecular weight excluding hydrogens is 238 g/mol. The van der Waals surface area contributed by atoms with Gasteiger partial charge in [0.25, 0.3) is 0 Å². The summed E-state index contributed by atoms with van der Waals surface area (Å²) >= 11 is 0. The quantitative estimate of drug-likeness (QED) is 0.826. The normalized spacial score (nSPS) is 31.4. The van der Waals surface area contributed by atoms with E-state index in [4.69, 9.17) is 0 Å². The van der Waals surface area contributed by atoms with Crippen LogP contribution in [0.15, 0.2) is 18.2 Å². The topological polar surface area (TPSA) is 46.2 Å². The number of carbonyl (C=O) groups excluding carboxylic acids is 2. The lowest BCUT2D eigenvalue weighted by molar-refractivity contribution is -0.116.